The molecule has 0 spiro atoms. The summed E-state index contributed by atoms with van der Waals surface area (Å²) >= 11 is 0. The minimum absolute atomic E-state index is 0.00865. The lowest BCUT2D eigenvalue weighted by atomic mass is 10.2. The molecule has 3 rings (SSSR count). The largest absolute Gasteiger partial charge is 0.497 e. The molecule has 0 atom stereocenters. The van der Waals surface area contributed by atoms with E-state index in [0.29, 0.717) is 17.1 Å². The second kappa shape index (κ2) is 9.61. The second-order valence-electron chi connectivity index (χ2n) is 6.76. The van der Waals surface area contributed by atoms with Crippen molar-refractivity contribution >= 4 is 21.8 Å². The van der Waals surface area contributed by atoms with Crippen molar-refractivity contribution in [1.82, 2.24) is 10.2 Å². The topological polar surface area (TPSA) is 121 Å². The van der Waals surface area contributed by atoms with Gasteiger partial charge in [-0.25, -0.2) is 8.42 Å². The third-order valence-corrected chi connectivity index (χ3v) is 6.32. The lowest BCUT2D eigenvalue weighted by molar-refractivity contribution is -0.116. The van der Waals surface area contributed by atoms with E-state index in [1.807, 2.05) is 6.92 Å². The van der Waals surface area contributed by atoms with E-state index in [9.17, 15) is 13.2 Å². The maximum absolute atomic E-state index is 12.4. The molecule has 10 heteroatoms. The molecule has 0 bridgehead atoms. The summed E-state index contributed by atoms with van der Waals surface area (Å²) in [7, 11) is -0.408. The summed E-state index contributed by atoms with van der Waals surface area (Å²) in [6.45, 7) is 1.88. The van der Waals surface area contributed by atoms with Gasteiger partial charge in [0, 0.05) is 6.42 Å². The zero-order chi connectivity index (χ0) is 22.4. The Morgan fingerprint density at radius 2 is 1.81 bits per heavy atom. The number of aromatic nitrogens is 2. The summed E-state index contributed by atoms with van der Waals surface area (Å²) in [5, 5.41) is 10.2. The van der Waals surface area contributed by atoms with Gasteiger partial charge in [0.1, 0.15) is 11.5 Å². The van der Waals surface area contributed by atoms with Crippen LogP contribution in [0.1, 0.15) is 18.4 Å². The molecule has 31 heavy (non-hydrogen) atoms. The molecular weight excluding hydrogens is 422 g/mol. The molecule has 0 fully saturated rings. The SMILES string of the molecule is COc1ccc(OC)c(-c2nnc(NC(=O)CCCS(=O)(=O)c3ccc(C)cc3)o2)c1. The van der Waals surface area contributed by atoms with E-state index in [1.54, 1.807) is 42.5 Å². The zero-order valence-corrected chi connectivity index (χ0v) is 18.2. The first-order chi connectivity index (χ1) is 14.8. The van der Waals surface area contributed by atoms with Gasteiger partial charge < -0.3 is 13.9 Å². The number of nitrogens with one attached hydrogen (secondary N) is 1. The molecule has 1 heterocycles. The molecule has 0 aliphatic heterocycles. The van der Waals surface area contributed by atoms with Crippen molar-refractivity contribution in [2.75, 3.05) is 25.3 Å². The van der Waals surface area contributed by atoms with Crippen molar-refractivity contribution in [2.24, 2.45) is 0 Å². The van der Waals surface area contributed by atoms with Crippen molar-refractivity contribution in [2.45, 2.75) is 24.7 Å². The summed E-state index contributed by atoms with van der Waals surface area (Å²) in [4.78, 5) is 12.4. The number of ether oxygens (including phenoxy) is 2. The number of carbonyl (C=O) groups is 1. The van der Waals surface area contributed by atoms with Crippen LogP contribution in [0.4, 0.5) is 6.01 Å². The molecule has 3 aromatic rings. The average Bonchev–Trinajstić information content (AvgIpc) is 3.21. The van der Waals surface area contributed by atoms with E-state index in [2.05, 4.69) is 15.5 Å². The van der Waals surface area contributed by atoms with E-state index in [-0.39, 0.29) is 35.4 Å². The number of benzene rings is 2. The highest BCUT2D eigenvalue weighted by Gasteiger charge is 2.18. The van der Waals surface area contributed by atoms with Gasteiger partial charge in [-0.1, -0.05) is 22.8 Å². The van der Waals surface area contributed by atoms with Crippen molar-refractivity contribution in [3.05, 3.63) is 48.0 Å². The van der Waals surface area contributed by atoms with Crippen molar-refractivity contribution in [3.8, 4) is 23.0 Å². The molecule has 164 valence electrons. The molecule has 0 radical (unpaired) electrons. The Kier molecular flexibility index (Phi) is 6.91. The lowest BCUT2D eigenvalue weighted by Gasteiger charge is -2.07. The number of hydrogen-bond acceptors (Lipinski definition) is 8. The van der Waals surface area contributed by atoms with Gasteiger partial charge in [0.2, 0.25) is 5.91 Å². The van der Waals surface area contributed by atoms with E-state index in [4.69, 9.17) is 13.9 Å². The third-order valence-electron chi connectivity index (χ3n) is 4.51. The van der Waals surface area contributed by atoms with Crippen LogP contribution in [0.5, 0.6) is 11.5 Å². The molecule has 1 N–H and O–H groups in total. The van der Waals surface area contributed by atoms with Crippen molar-refractivity contribution in [3.63, 3.8) is 0 Å². The summed E-state index contributed by atoms with van der Waals surface area (Å²) in [6, 6.07) is 11.6. The molecule has 0 aliphatic carbocycles. The van der Waals surface area contributed by atoms with Gasteiger partial charge in [-0.05, 0) is 43.7 Å². The highest BCUT2D eigenvalue weighted by Crippen LogP contribution is 2.33. The van der Waals surface area contributed by atoms with Crippen LogP contribution in [-0.2, 0) is 14.6 Å². The van der Waals surface area contributed by atoms with Gasteiger partial charge in [0.05, 0.1) is 30.4 Å². The Bertz CT molecular complexity index is 1160. The van der Waals surface area contributed by atoms with Gasteiger partial charge >= 0.3 is 6.01 Å². The molecule has 0 aliphatic rings. The minimum atomic E-state index is -3.45. The summed E-state index contributed by atoms with van der Waals surface area (Å²) < 4.78 is 40.7. The van der Waals surface area contributed by atoms with Crippen LogP contribution < -0.4 is 14.8 Å². The van der Waals surface area contributed by atoms with Crippen LogP contribution in [0.25, 0.3) is 11.5 Å². The van der Waals surface area contributed by atoms with E-state index >= 15 is 0 Å². The lowest BCUT2D eigenvalue weighted by Crippen LogP contribution is -2.14. The highest BCUT2D eigenvalue weighted by atomic mass is 32.2. The Labute approximate surface area is 180 Å². The second-order valence-corrected chi connectivity index (χ2v) is 8.87. The van der Waals surface area contributed by atoms with E-state index in [1.165, 1.54) is 14.2 Å². The Hall–Kier alpha value is -3.40. The monoisotopic (exact) mass is 445 g/mol. The third kappa shape index (κ3) is 5.60. The number of methoxy groups -OCH3 is 2. The fourth-order valence-corrected chi connectivity index (χ4v) is 4.14. The molecular formula is C21H23N3O6S. The minimum Gasteiger partial charge on any atom is -0.497 e. The van der Waals surface area contributed by atoms with Crippen LogP contribution in [0.3, 0.4) is 0 Å². The fourth-order valence-electron chi connectivity index (χ4n) is 2.83. The molecule has 1 amide bonds. The van der Waals surface area contributed by atoms with E-state index in [0.717, 1.165) is 5.56 Å². The van der Waals surface area contributed by atoms with Crippen molar-refractivity contribution in [1.29, 1.82) is 0 Å². The van der Waals surface area contributed by atoms with Crippen LogP contribution in [-0.4, -0.2) is 44.5 Å². The van der Waals surface area contributed by atoms with Crippen LogP contribution in [0, 0.1) is 6.92 Å². The van der Waals surface area contributed by atoms with Crippen LogP contribution >= 0.6 is 0 Å². The average molecular weight is 445 g/mol. The maximum atomic E-state index is 12.4. The molecule has 1 aromatic heterocycles. The van der Waals surface area contributed by atoms with Gasteiger partial charge in [0.15, 0.2) is 9.84 Å². The number of rotatable bonds is 9. The number of hydrogen-bond donors (Lipinski definition) is 1. The summed E-state index contributed by atoms with van der Waals surface area (Å²) in [6.07, 6.45) is 0.151. The van der Waals surface area contributed by atoms with Crippen LogP contribution in [0.2, 0.25) is 0 Å². The molecule has 9 nitrogen and oxygen atoms in total. The number of anilines is 1. The smallest absolute Gasteiger partial charge is 0.322 e. The molecule has 2 aromatic carbocycles. The van der Waals surface area contributed by atoms with Crippen molar-refractivity contribution < 1.29 is 27.1 Å². The molecule has 0 saturated carbocycles. The number of carbonyl (C=O) groups excluding carboxylic acids is 1. The predicted octanol–water partition coefficient (Wildman–Crippen LogP) is 3.25. The number of sulfone groups is 1. The Morgan fingerprint density at radius 3 is 2.48 bits per heavy atom. The molecule has 0 unspecified atom stereocenters. The Morgan fingerprint density at radius 1 is 1.06 bits per heavy atom. The van der Waals surface area contributed by atoms with Gasteiger partial charge in [-0.2, -0.15) is 0 Å². The van der Waals surface area contributed by atoms with E-state index < -0.39 is 15.7 Å². The highest BCUT2D eigenvalue weighted by molar-refractivity contribution is 7.91. The molecule has 0 saturated heterocycles. The first kappa shape index (κ1) is 22.3. The quantitative estimate of drug-likeness (QED) is 0.533. The van der Waals surface area contributed by atoms with Gasteiger partial charge in [-0.3, -0.25) is 10.1 Å². The number of amides is 1. The fraction of sp³-hybridized carbons (Fsp3) is 0.286. The number of aryl methyl sites for hydroxylation is 1. The normalized spacial score (nSPS) is 11.2. The zero-order valence-electron chi connectivity index (χ0n) is 17.4. The predicted molar refractivity (Wildman–Crippen MR) is 114 cm³/mol. The Balaban J connectivity index is 1.59. The first-order valence-corrected chi connectivity index (χ1v) is 11.1. The summed E-state index contributed by atoms with van der Waals surface area (Å²) in [5.41, 5.74) is 1.49. The van der Waals surface area contributed by atoms with Gasteiger partial charge in [-0.15, -0.1) is 5.10 Å². The number of nitrogens with zero attached hydrogens (tertiary/aromatic N) is 2. The van der Waals surface area contributed by atoms with Gasteiger partial charge in [0.25, 0.3) is 5.89 Å². The first-order valence-electron chi connectivity index (χ1n) is 9.47. The summed E-state index contributed by atoms with van der Waals surface area (Å²) in [5.74, 6) is 0.664. The van der Waals surface area contributed by atoms with Crippen LogP contribution in [0.15, 0.2) is 51.8 Å². The standard InChI is InChI=1S/C21H23N3O6S/c1-14-6-9-16(10-7-14)31(26,27)12-4-5-19(25)22-21-24-23-20(30-21)17-13-15(28-2)8-11-18(17)29-3/h6-11,13H,4-5,12H2,1-3H3,(H,22,24,25). The maximum Gasteiger partial charge on any atom is 0.322 e.